The molecule has 1 aromatic rings. The third-order valence-corrected chi connectivity index (χ3v) is 3.75. The van der Waals surface area contributed by atoms with Gasteiger partial charge in [-0.3, -0.25) is 9.59 Å². The number of amides is 2. The number of rotatable bonds is 5. The Balaban J connectivity index is 1.95. The van der Waals surface area contributed by atoms with Gasteiger partial charge in [0.2, 0.25) is 5.91 Å². The zero-order valence-corrected chi connectivity index (χ0v) is 12.2. The first-order valence-electron chi connectivity index (χ1n) is 7.27. The fourth-order valence-corrected chi connectivity index (χ4v) is 2.26. The second-order valence-electron chi connectivity index (χ2n) is 5.40. The molecule has 4 nitrogen and oxygen atoms in total. The van der Waals surface area contributed by atoms with E-state index in [-0.39, 0.29) is 17.9 Å². The van der Waals surface area contributed by atoms with E-state index >= 15 is 0 Å². The van der Waals surface area contributed by atoms with E-state index < -0.39 is 0 Å². The van der Waals surface area contributed by atoms with Crippen molar-refractivity contribution in [3.05, 3.63) is 35.4 Å². The highest BCUT2D eigenvalue weighted by molar-refractivity contribution is 5.94. The molecule has 0 bridgehead atoms. The van der Waals surface area contributed by atoms with Crippen LogP contribution in [0.15, 0.2) is 24.3 Å². The first kappa shape index (κ1) is 14.6. The molecule has 0 aromatic heterocycles. The molecule has 1 N–H and O–H groups in total. The molecule has 1 atom stereocenters. The van der Waals surface area contributed by atoms with Gasteiger partial charge in [0.25, 0.3) is 5.91 Å². The molecule has 0 saturated carbocycles. The highest BCUT2D eigenvalue weighted by Crippen LogP contribution is 2.14. The van der Waals surface area contributed by atoms with Crippen LogP contribution < -0.4 is 5.32 Å². The maximum Gasteiger partial charge on any atom is 0.251 e. The lowest BCUT2D eigenvalue weighted by Crippen LogP contribution is -2.31. The Morgan fingerprint density at radius 1 is 1.35 bits per heavy atom. The van der Waals surface area contributed by atoms with Crippen LogP contribution in [-0.4, -0.2) is 29.3 Å². The normalized spacial score (nSPS) is 16.3. The summed E-state index contributed by atoms with van der Waals surface area (Å²) in [5.41, 5.74) is 1.74. The van der Waals surface area contributed by atoms with Crippen LogP contribution in [-0.2, 0) is 11.3 Å². The van der Waals surface area contributed by atoms with E-state index in [2.05, 4.69) is 5.32 Å². The molecule has 0 spiro atoms. The van der Waals surface area contributed by atoms with E-state index in [0.29, 0.717) is 18.5 Å². The van der Waals surface area contributed by atoms with Gasteiger partial charge in [-0.05, 0) is 37.5 Å². The molecular weight excluding hydrogens is 252 g/mol. The highest BCUT2D eigenvalue weighted by atomic mass is 16.2. The van der Waals surface area contributed by atoms with Crippen molar-refractivity contribution in [3.8, 4) is 0 Å². The van der Waals surface area contributed by atoms with Crippen molar-refractivity contribution < 1.29 is 9.59 Å². The largest absolute Gasteiger partial charge is 0.350 e. The van der Waals surface area contributed by atoms with Crippen LogP contribution in [0.25, 0.3) is 0 Å². The summed E-state index contributed by atoms with van der Waals surface area (Å²) < 4.78 is 0. The third kappa shape index (κ3) is 3.59. The quantitative estimate of drug-likeness (QED) is 0.896. The summed E-state index contributed by atoms with van der Waals surface area (Å²) in [5.74, 6) is 0.187. The number of likely N-dealkylation sites (tertiary alicyclic amines) is 1. The third-order valence-electron chi connectivity index (χ3n) is 3.75. The van der Waals surface area contributed by atoms with Crippen LogP contribution in [0.4, 0.5) is 0 Å². The topological polar surface area (TPSA) is 49.4 Å². The van der Waals surface area contributed by atoms with Crippen LogP contribution >= 0.6 is 0 Å². The number of carbonyl (C=O) groups excluding carboxylic acids is 2. The van der Waals surface area contributed by atoms with E-state index in [0.717, 1.165) is 24.9 Å². The van der Waals surface area contributed by atoms with Gasteiger partial charge in [-0.15, -0.1) is 0 Å². The number of nitrogens with zero attached hydrogens (tertiary/aromatic N) is 1. The molecule has 1 fully saturated rings. The molecule has 108 valence electrons. The molecule has 0 radical (unpaired) electrons. The maximum absolute atomic E-state index is 11.9. The van der Waals surface area contributed by atoms with Crippen molar-refractivity contribution in [1.82, 2.24) is 10.2 Å². The summed E-state index contributed by atoms with van der Waals surface area (Å²) in [6, 6.07) is 7.69. The first-order valence-corrected chi connectivity index (χ1v) is 7.27. The zero-order valence-electron chi connectivity index (χ0n) is 12.2. The van der Waals surface area contributed by atoms with E-state index in [9.17, 15) is 9.59 Å². The van der Waals surface area contributed by atoms with Gasteiger partial charge in [-0.1, -0.05) is 19.1 Å². The molecule has 1 aromatic carbocycles. The second kappa shape index (κ2) is 6.55. The van der Waals surface area contributed by atoms with Crippen molar-refractivity contribution in [3.63, 3.8) is 0 Å². The molecule has 0 aliphatic carbocycles. The lowest BCUT2D eigenvalue weighted by Gasteiger charge is -2.16. The molecule has 1 aliphatic rings. The van der Waals surface area contributed by atoms with Gasteiger partial charge in [0.1, 0.15) is 0 Å². The van der Waals surface area contributed by atoms with Crippen LogP contribution in [0.3, 0.4) is 0 Å². The highest BCUT2D eigenvalue weighted by Gasteiger charge is 2.20. The molecule has 4 heteroatoms. The Kier molecular flexibility index (Phi) is 4.77. The molecule has 2 rings (SSSR count). The monoisotopic (exact) mass is 274 g/mol. The van der Waals surface area contributed by atoms with Crippen LogP contribution in [0.5, 0.6) is 0 Å². The lowest BCUT2D eigenvalue weighted by molar-refractivity contribution is -0.128. The van der Waals surface area contributed by atoms with E-state index in [1.165, 1.54) is 0 Å². The molecule has 20 heavy (non-hydrogen) atoms. The van der Waals surface area contributed by atoms with Crippen LogP contribution in [0.2, 0.25) is 0 Å². The Hall–Kier alpha value is -1.84. The fourth-order valence-electron chi connectivity index (χ4n) is 2.26. The minimum atomic E-state index is -0.0388. The van der Waals surface area contributed by atoms with Gasteiger partial charge in [0, 0.05) is 31.1 Å². The number of nitrogens with one attached hydrogen (secondary N) is 1. The first-order chi connectivity index (χ1) is 9.60. The van der Waals surface area contributed by atoms with Crippen LogP contribution in [0.1, 0.15) is 49.0 Å². The van der Waals surface area contributed by atoms with Crippen molar-refractivity contribution in [2.24, 2.45) is 0 Å². The summed E-state index contributed by atoms with van der Waals surface area (Å²) in [7, 11) is 0. The Bertz CT molecular complexity index is 482. The van der Waals surface area contributed by atoms with Gasteiger partial charge < -0.3 is 10.2 Å². The predicted molar refractivity (Wildman–Crippen MR) is 78.3 cm³/mol. The lowest BCUT2D eigenvalue weighted by atomic mass is 10.1. The minimum absolute atomic E-state index is 0.0388. The van der Waals surface area contributed by atoms with Gasteiger partial charge in [0.05, 0.1) is 0 Å². The van der Waals surface area contributed by atoms with Gasteiger partial charge in [-0.25, -0.2) is 0 Å². The molecule has 1 heterocycles. The van der Waals surface area contributed by atoms with E-state index in [1.807, 2.05) is 43.0 Å². The Labute approximate surface area is 120 Å². The predicted octanol–water partition coefficient (Wildman–Crippen LogP) is 2.34. The fraction of sp³-hybridized carbons (Fsp3) is 0.500. The Morgan fingerprint density at radius 2 is 2.05 bits per heavy atom. The minimum Gasteiger partial charge on any atom is -0.350 e. The van der Waals surface area contributed by atoms with Crippen LogP contribution in [0, 0.1) is 0 Å². The average Bonchev–Trinajstić information content (AvgIpc) is 2.85. The molecule has 0 unspecified atom stereocenters. The molecule has 2 amide bonds. The van der Waals surface area contributed by atoms with Gasteiger partial charge in [-0.2, -0.15) is 0 Å². The summed E-state index contributed by atoms with van der Waals surface area (Å²) in [6.07, 6.45) is 2.53. The number of carbonyl (C=O) groups is 2. The van der Waals surface area contributed by atoms with E-state index in [1.54, 1.807) is 0 Å². The molecule has 1 aliphatic heterocycles. The number of hydrogen-bond donors (Lipinski definition) is 1. The summed E-state index contributed by atoms with van der Waals surface area (Å²) in [4.78, 5) is 25.4. The SMILES string of the molecule is CC[C@H](C)NC(=O)c1ccc(CN2CCCC2=O)cc1. The van der Waals surface area contributed by atoms with Crippen molar-refractivity contribution >= 4 is 11.8 Å². The summed E-state index contributed by atoms with van der Waals surface area (Å²) >= 11 is 0. The van der Waals surface area contributed by atoms with Gasteiger partial charge in [0.15, 0.2) is 0 Å². The van der Waals surface area contributed by atoms with Crippen molar-refractivity contribution in [2.75, 3.05) is 6.54 Å². The van der Waals surface area contributed by atoms with Crippen molar-refractivity contribution in [1.29, 1.82) is 0 Å². The standard InChI is InChI=1S/C16H22N2O2/c1-3-12(2)17-16(20)14-8-6-13(7-9-14)11-18-10-4-5-15(18)19/h6-9,12H,3-5,10-11H2,1-2H3,(H,17,20)/t12-/m0/s1. The Morgan fingerprint density at radius 3 is 2.60 bits per heavy atom. The van der Waals surface area contributed by atoms with Crippen molar-refractivity contribution in [2.45, 2.75) is 45.7 Å². The smallest absolute Gasteiger partial charge is 0.251 e. The van der Waals surface area contributed by atoms with Gasteiger partial charge >= 0.3 is 0 Å². The summed E-state index contributed by atoms with van der Waals surface area (Å²) in [6.45, 7) is 5.52. The maximum atomic E-state index is 11.9. The molecule has 1 saturated heterocycles. The number of hydrogen-bond acceptors (Lipinski definition) is 2. The second-order valence-corrected chi connectivity index (χ2v) is 5.40. The number of benzene rings is 1. The summed E-state index contributed by atoms with van der Waals surface area (Å²) in [5, 5.41) is 2.94. The zero-order chi connectivity index (χ0) is 14.5. The van der Waals surface area contributed by atoms with E-state index in [4.69, 9.17) is 0 Å². The molecular formula is C16H22N2O2. The average molecular weight is 274 g/mol.